The smallest absolute Gasteiger partial charge is 0.306 e. The molecule has 0 aromatic carbocycles. The van der Waals surface area contributed by atoms with Gasteiger partial charge in [0.15, 0.2) is 6.10 Å². The highest BCUT2D eigenvalue weighted by Crippen LogP contribution is 2.14. The molecule has 0 aromatic heterocycles. The van der Waals surface area contributed by atoms with Crippen LogP contribution < -0.4 is 0 Å². The summed E-state index contributed by atoms with van der Waals surface area (Å²) in [5, 5.41) is 0. The van der Waals surface area contributed by atoms with Crippen molar-refractivity contribution < 1.29 is 28.6 Å². The highest BCUT2D eigenvalue weighted by Gasteiger charge is 2.19. The lowest BCUT2D eigenvalue weighted by atomic mass is 10.1. The zero-order valence-electron chi connectivity index (χ0n) is 49.2. The Morgan fingerprint density at radius 2 is 0.513 bits per heavy atom. The van der Waals surface area contributed by atoms with E-state index >= 15 is 0 Å². The Morgan fingerprint density at radius 1 is 0.276 bits per heavy atom. The maximum atomic E-state index is 12.9. The lowest BCUT2D eigenvalue weighted by Gasteiger charge is -2.18. The number of carbonyl (C=O) groups excluding carboxylic acids is 3. The topological polar surface area (TPSA) is 78.9 Å². The van der Waals surface area contributed by atoms with Crippen LogP contribution in [0.1, 0.15) is 271 Å². The summed E-state index contributed by atoms with van der Waals surface area (Å²) in [5.41, 5.74) is 0. The molecule has 0 aliphatic carbocycles. The fraction of sp³-hybridized carbons (Fsp3) is 0.643. The molecule has 0 saturated heterocycles. The number of unbranched alkanes of at least 4 members (excludes halogenated alkanes) is 22. The van der Waals surface area contributed by atoms with Gasteiger partial charge >= 0.3 is 17.9 Å². The van der Waals surface area contributed by atoms with Crippen LogP contribution in [0.15, 0.2) is 134 Å². The van der Waals surface area contributed by atoms with Crippen molar-refractivity contribution in [3.8, 4) is 0 Å². The molecule has 0 radical (unpaired) electrons. The molecule has 1 unspecified atom stereocenters. The largest absolute Gasteiger partial charge is 0.462 e. The van der Waals surface area contributed by atoms with Crippen molar-refractivity contribution in [3.63, 3.8) is 0 Å². The van der Waals surface area contributed by atoms with E-state index in [1.54, 1.807) is 0 Å². The average molecular weight is 1050 g/mol. The van der Waals surface area contributed by atoms with E-state index < -0.39 is 6.10 Å². The summed E-state index contributed by atoms with van der Waals surface area (Å²) in [6.45, 7) is 6.37. The third-order valence-electron chi connectivity index (χ3n) is 12.9. The molecule has 0 aliphatic rings. The molecule has 6 nitrogen and oxygen atoms in total. The van der Waals surface area contributed by atoms with Gasteiger partial charge in [-0.25, -0.2) is 0 Å². The maximum absolute atomic E-state index is 12.9. The quantitative estimate of drug-likeness (QED) is 0.0261. The van der Waals surface area contributed by atoms with Gasteiger partial charge in [0.2, 0.25) is 0 Å². The molecular weight excluding hydrogens is 937 g/mol. The van der Waals surface area contributed by atoms with E-state index in [2.05, 4.69) is 154 Å². The monoisotopic (exact) mass is 1050 g/mol. The summed E-state index contributed by atoms with van der Waals surface area (Å²) in [5.74, 6) is -0.940. The van der Waals surface area contributed by atoms with Gasteiger partial charge in [0.1, 0.15) is 13.2 Å². The van der Waals surface area contributed by atoms with Crippen molar-refractivity contribution >= 4 is 17.9 Å². The first-order valence-corrected chi connectivity index (χ1v) is 31.2. The molecule has 0 N–H and O–H groups in total. The molecular formula is C70H114O6. The van der Waals surface area contributed by atoms with Crippen molar-refractivity contribution in [2.75, 3.05) is 13.2 Å². The highest BCUT2D eigenvalue weighted by atomic mass is 16.6. The third kappa shape index (κ3) is 60.4. The van der Waals surface area contributed by atoms with E-state index in [1.165, 1.54) is 83.5 Å². The standard InChI is InChI=1S/C70H114O6/c1-4-7-10-13-16-19-22-25-28-31-33-34-35-36-37-40-42-45-48-51-54-57-60-63-69(72)75-66-67(65-74-68(71)62-59-56-53-50-47-44-41-38-30-27-24-21-18-15-12-9-6-3)76-70(73)64-61-58-55-52-49-46-43-39-32-29-26-23-20-17-14-11-8-5-2/h7,9-10,12,16,18-21,23,25,27-30,32-34,36-37,41,44,67H,4-6,8,11,13-15,17,22,24,26,31,35,38-40,42-43,45-66H2,1-3H3/b10-7-,12-9-,19-16-,21-18-,23-20-,28-25-,30-27-,32-29-,34-33-,37-36-,44-41-. The number of hydrogen-bond donors (Lipinski definition) is 0. The fourth-order valence-electron chi connectivity index (χ4n) is 8.25. The number of carbonyl (C=O) groups is 3. The van der Waals surface area contributed by atoms with Gasteiger partial charge in [0.25, 0.3) is 0 Å². The Morgan fingerprint density at radius 3 is 0.803 bits per heavy atom. The van der Waals surface area contributed by atoms with Crippen LogP contribution in [-0.4, -0.2) is 37.2 Å². The minimum absolute atomic E-state index is 0.0992. The van der Waals surface area contributed by atoms with Crippen LogP contribution in [0.3, 0.4) is 0 Å². The second-order valence-electron chi connectivity index (χ2n) is 20.2. The molecule has 0 spiro atoms. The summed E-state index contributed by atoms with van der Waals surface area (Å²) in [6, 6.07) is 0. The molecule has 430 valence electrons. The molecule has 0 aliphatic heterocycles. The van der Waals surface area contributed by atoms with Crippen LogP contribution in [0.4, 0.5) is 0 Å². The number of esters is 3. The van der Waals surface area contributed by atoms with Crippen molar-refractivity contribution in [1.29, 1.82) is 0 Å². The first kappa shape index (κ1) is 71.5. The lowest BCUT2D eigenvalue weighted by Crippen LogP contribution is -2.30. The molecule has 1 atom stereocenters. The first-order chi connectivity index (χ1) is 37.5. The first-order valence-electron chi connectivity index (χ1n) is 31.2. The summed E-state index contributed by atoms with van der Waals surface area (Å²) in [4.78, 5) is 38.3. The summed E-state index contributed by atoms with van der Waals surface area (Å²) < 4.78 is 16.9. The normalized spacial score (nSPS) is 13.0. The molecule has 0 bridgehead atoms. The van der Waals surface area contributed by atoms with E-state index in [4.69, 9.17) is 14.2 Å². The molecule has 0 amide bonds. The number of rotatable bonds is 55. The zero-order valence-corrected chi connectivity index (χ0v) is 49.2. The second-order valence-corrected chi connectivity index (χ2v) is 20.2. The molecule has 6 heteroatoms. The van der Waals surface area contributed by atoms with E-state index in [1.807, 2.05) is 0 Å². The predicted octanol–water partition coefficient (Wildman–Crippen LogP) is 21.4. The Kier molecular flexibility index (Phi) is 59.4. The molecule has 0 heterocycles. The Labute approximate surface area is 468 Å². The van der Waals surface area contributed by atoms with E-state index in [0.717, 1.165) is 148 Å². The van der Waals surface area contributed by atoms with Gasteiger partial charge in [-0.3, -0.25) is 14.4 Å². The van der Waals surface area contributed by atoms with Crippen LogP contribution in [0.2, 0.25) is 0 Å². The van der Waals surface area contributed by atoms with Crippen molar-refractivity contribution in [2.24, 2.45) is 0 Å². The molecule has 0 rings (SSSR count). The van der Waals surface area contributed by atoms with Gasteiger partial charge in [-0.2, -0.15) is 0 Å². The fourth-order valence-corrected chi connectivity index (χ4v) is 8.25. The van der Waals surface area contributed by atoms with Crippen LogP contribution in [0.5, 0.6) is 0 Å². The van der Waals surface area contributed by atoms with Crippen molar-refractivity contribution in [1.82, 2.24) is 0 Å². The van der Waals surface area contributed by atoms with Gasteiger partial charge in [-0.05, 0) is 135 Å². The Hall–Kier alpha value is -4.45. The molecule has 0 saturated carbocycles. The minimum atomic E-state index is -0.804. The average Bonchev–Trinajstić information content (AvgIpc) is 3.42. The Balaban J connectivity index is 4.47. The number of hydrogen-bond acceptors (Lipinski definition) is 6. The van der Waals surface area contributed by atoms with Gasteiger partial charge < -0.3 is 14.2 Å². The van der Waals surface area contributed by atoms with E-state index in [-0.39, 0.29) is 31.1 Å². The maximum Gasteiger partial charge on any atom is 0.306 e. The van der Waals surface area contributed by atoms with Gasteiger partial charge in [-0.15, -0.1) is 0 Å². The predicted molar refractivity (Wildman–Crippen MR) is 329 cm³/mol. The second kappa shape index (κ2) is 63.1. The van der Waals surface area contributed by atoms with Crippen LogP contribution in [0, 0.1) is 0 Å². The zero-order chi connectivity index (χ0) is 55.0. The summed E-state index contributed by atoms with van der Waals surface area (Å²) in [6.07, 6.45) is 88.7. The van der Waals surface area contributed by atoms with Gasteiger partial charge in [0.05, 0.1) is 0 Å². The molecule has 0 fully saturated rings. The Bertz CT molecular complexity index is 1630. The van der Waals surface area contributed by atoms with Crippen molar-refractivity contribution in [2.45, 2.75) is 277 Å². The third-order valence-corrected chi connectivity index (χ3v) is 12.9. The van der Waals surface area contributed by atoms with E-state index in [9.17, 15) is 14.4 Å². The van der Waals surface area contributed by atoms with Gasteiger partial charge in [0, 0.05) is 19.3 Å². The lowest BCUT2D eigenvalue weighted by molar-refractivity contribution is -0.167. The summed E-state index contributed by atoms with van der Waals surface area (Å²) in [7, 11) is 0. The highest BCUT2D eigenvalue weighted by molar-refractivity contribution is 5.71. The van der Waals surface area contributed by atoms with Crippen LogP contribution in [0.25, 0.3) is 0 Å². The number of ether oxygens (including phenoxy) is 3. The molecule has 0 aromatic rings. The van der Waals surface area contributed by atoms with E-state index in [0.29, 0.717) is 19.3 Å². The van der Waals surface area contributed by atoms with Crippen molar-refractivity contribution in [3.05, 3.63) is 134 Å². The summed E-state index contributed by atoms with van der Waals surface area (Å²) >= 11 is 0. The molecule has 76 heavy (non-hydrogen) atoms. The van der Waals surface area contributed by atoms with Crippen LogP contribution in [-0.2, 0) is 28.6 Å². The van der Waals surface area contributed by atoms with Gasteiger partial charge in [-0.1, -0.05) is 251 Å². The SMILES string of the molecule is CC/C=C\C/C=C\C/C=C\C/C=C\C/C=C\CCCCCCCCCC(=O)OCC(COC(=O)CCCCCC/C=C\C/C=C\C/C=C\C/C=C\CC)OC(=O)CCCCCCCCC/C=C\C/C=C\CCCCCC. The number of allylic oxidation sites excluding steroid dienone is 22. The minimum Gasteiger partial charge on any atom is -0.462 e. The van der Waals surface area contributed by atoms with Crippen LogP contribution >= 0.6 is 0 Å².